The predicted molar refractivity (Wildman–Crippen MR) is 99.0 cm³/mol. The first-order chi connectivity index (χ1) is 12.0. The summed E-state index contributed by atoms with van der Waals surface area (Å²) < 4.78 is 0. The lowest BCUT2D eigenvalue weighted by Gasteiger charge is -2.37. The predicted octanol–water partition coefficient (Wildman–Crippen LogP) is 1.61. The molecule has 134 valence electrons. The summed E-state index contributed by atoms with van der Waals surface area (Å²) in [5.41, 5.74) is 0.836. The van der Waals surface area contributed by atoms with Gasteiger partial charge in [0.2, 0.25) is 5.91 Å². The van der Waals surface area contributed by atoms with Gasteiger partial charge in [0.1, 0.15) is 6.10 Å². The van der Waals surface area contributed by atoms with Crippen molar-refractivity contribution in [2.24, 2.45) is 10.9 Å². The van der Waals surface area contributed by atoms with E-state index in [1.54, 1.807) is 12.1 Å². The number of rotatable bonds is 3. The number of amidine groups is 1. The van der Waals surface area contributed by atoms with Gasteiger partial charge in [-0.1, -0.05) is 23.4 Å². The SMILES string of the molecule is O=C(NC1CC1)[C@H]1C[C@@H](O)[C@H](O)[C@@H]2N=C(Nc3ccc(Cl)cc3)S[C@@H]21. The Morgan fingerprint density at radius 2 is 1.96 bits per heavy atom. The highest BCUT2D eigenvalue weighted by molar-refractivity contribution is 8.15. The van der Waals surface area contributed by atoms with Crippen LogP contribution in [0.1, 0.15) is 19.3 Å². The second-order valence-corrected chi connectivity index (χ2v) is 8.43. The molecule has 1 aromatic carbocycles. The molecule has 8 heteroatoms. The number of fused-ring (bicyclic) bond motifs is 1. The highest BCUT2D eigenvalue weighted by Crippen LogP contribution is 2.41. The van der Waals surface area contributed by atoms with E-state index < -0.39 is 18.2 Å². The molecule has 0 bridgehead atoms. The number of carbonyl (C=O) groups excluding carboxylic acids is 1. The van der Waals surface area contributed by atoms with E-state index >= 15 is 0 Å². The fraction of sp³-hybridized carbons (Fsp3) is 0.529. The number of amides is 1. The Labute approximate surface area is 155 Å². The third kappa shape index (κ3) is 3.65. The third-order valence-electron chi connectivity index (χ3n) is 4.84. The molecular formula is C17H20ClN3O3S. The Hall–Kier alpha value is -1.28. The lowest BCUT2D eigenvalue weighted by atomic mass is 9.81. The standard InChI is InChI=1S/C17H20ClN3O3S/c18-8-1-3-10(4-2-8)20-17-21-13-14(23)12(22)7-11(15(13)25-17)16(24)19-9-5-6-9/h1-4,9,11-15,22-23H,5-7H2,(H,19,24)(H,20,21)/t11-,12+,13-,14-,15+/m0/s1. The van der Waals surface area contributed by atoms with Crippen LogP contribution in [0.15, 0.2) is 29.3 Å². The molecular weight excluding hydrogens is 362 g/mol. The highest BCUT2D eigenvalue weighted by Gasteiger charge is 2.50. The van der Waals surface area contributed by atoms with Crippen molar-refractivity contribution >= 4 is 40.1 Å². The normalized spacial score (nSPS) is 34.2. The van der Waals surface area contributed by atoms with Crippen LogP contribution in [0, 0.1) is 5.92 Å². The molecule has 0 saturated heterocycles. The molecule has 2 fully saturated rings. The molecule has 0 radical (unpaired) electrons. The van der Waals surface area contributed by atoms with Crippen LogP contribution in [-0.4, -0.2) is 50.8 Å². The summed E-state index contributed by atoms with van der Waals surface area (Å²) in [4.78, 5) is 17.1. The molecule has 0 aromatic heterocycles. The maximum Gasteiger partial charge on any atom is 0.224 e. The van der Waals surface area contributed by atoms with Crippen LogP contribution < -0.4 is 10.6 Å². The molecule has 25 heavy (non-hydrogen) atoms. The largest absolute Gasteiger partial charge is 0.390 e. The number of carbonyl (C=O) groups is 1. The molecule has 1 heterocycles. The Morgan fingerprint density at radius 1 is 1.24 bits per heavy atom. The molecule has 5 atom stereocenters. The van der Waals surface area contributed by atoms with E-state index in [1.165, 1.54) is 11.8 Å². The van der Waals surface area contributed by atoms with Crippen LogP contribution in [0.25, 0.3) is 0 Å². The fourth-order valence-corrected chi connectivity index (χ4v) is 4.80. The van der Waals surface area contributed by atoms with Gasteiger partial charge in [0.25, 0.3) is 0 Å². The van der Waals surface area contributed by atoms with Crippen molar-refractivity contribution in [2.45, 2.75) is 48.8 Å². The number of halogens is 1. The molecule has 4 rings (SSSR count). The van der Waals surface area contributed by atoms with Crippen LogP contribution in [0.3, 0.4) is 0 Å². The van der Waals surface area contributed by atoms with Crippen molar-refractivity contribution in [1.82, 2.24) is 5.32 Å². The average Bonchev–Trinajstić information content (AvgIpc) is 3.30. The molecule has 0 unspecified atom stereocenters. The molecule has 1 amide bonds. The number of hydrogen-bond acceptors (Lipinski definition) is 6. The first kappa shape index (κ1) is 17.1. The highest BCUT2D eigenvalue weighted by atomic mass is 35.5. The van der Waals surface area contributed by atoms with Gasteiger partial charge < -0.3 is 20.8 Å². The summed E-state index contributed by atoms with van der Waals surface area (Å²) in [6, 6.07) is 7.03. The van der Waals surface area contributed by atoms with Crippen molar-refractivity contribution in [3.05, 3.63) is 29.3 Å². The molecule has 0 spiro atoms. The van der Waals surface area contributed by atoms with E-state index in [-0.39, 0.29) is 29.5 Å². The van der Waals surface area contributed by atoms with Gasteiger partial charge in [0.15, 0.2) is 5.17 Å². The van der Waals surface area contributed by atoms with E-state index in [9.17, 15) is 15.0 Å². The Kier molecular flexibility index (Phi) is 4.66. The second kappa shape index (κ2) is 6.79. The van der Waals surface area contributed by atoms with Gasteiger partial charge in [0, 0.05) is 22.0 Å². The molecule has 2 aliphatic carbocycles. The number of nitrogens with zero attached hydrogens (tertiary/aromatic N) is 1. The van der Waals surface area contributed by atoms with E-state index in [0.717, 1.165) is 18.5 Å². The zero-order chi connectivity index (χ0) is 17.6. The quantitative estimate of drug-likeness (QED) is 0.638. The van der Waals surface area contributed by atoms with Crippen molar-refractivity contribution in [2.75, 3.05) is 5.32 Å². The van der Waals surface area contributed by atoms with Crippen LogP contribution in [0.2, 0.25) is 5.02 Å². The number of aliphatic imine (C=N–C) groups is 1. The topological polar surface area (TPSA) is 94.0 Å². The molecule has 3 aliphatic rings. The van der Waals surface area contributed by atoms with E-state index in [2.05, 4.69) is 15.6 Å². The summed E-state index contributed by atoms with van der Waals surface area (Å²) >= 11 is 7.35. The van der Waals surface area contributed by atoms with Crippen molar-refractivity contribution in [1.29, 1.82) is 0 Å². The van der Waals surface area contributed by atoms with Gasteiger partial charge >= 0.3 is 0 Å². The first-order valence-corrected chi connectivity index (χ1v) is 9.70. The number of hydrogen-bond donors (Lipinski definition) is 4. The summed E-state index contributed by atoms with van der Waals surface area (Å²) in [5.74, 6) is -0.402. The Morgan fingerprint density at radius 3 is 2.64 bits per heavy atom. The van der Waals surface area contributed by atoms with E-state index in [1.807, 2.05) is 12.1 Å². The zero-order valence-corrected chi connectivity index (χ0v) is 15.0. The zero-order valence-electron chi connectivity index (χ0n) is 13.4. The fourth-order valence-electron chi connectivity index (χ4n) is 3.30. The third-order valence-corrected chi connectivity index (χ3v) is 6.41. The number of benzene rings is 1. The summed E-state index contributed by atoms with van der Waals surface area (Å²) in [6.07, 6.45) is 0.412. The minimum absolute atomic E-state index is 0.0427. The van der Waals surface area contributed by atoms with Crippen molar-refractivity contribution < 1.29 is 15.0 Å². The summed E-state index contributed by atoms with van der Waals surface area (Å²) in [7, 11) is 0. The average molecular weight is 382 g/mol. The van der Waals surface area contributed by atoms with Gasteiger partial charge in [-0.05, 0) is 43.5 Å². The summed E-state index contributed by atoms with van der Waals surface area (Å²) in [5, 5.41) is 27.8. The number of aliphatic hydroxyl groups excluding tert-OH is 2. The lowest BCUT2D eigenvalue weighted by molar-refractivity contribution is -0.129. The van der Waals surface area contributed by atoms with Crippen LogP contribution in [-0.2, 0) is 4.79 Å². The smallest absolute Gasteiger partial charge is 0.224 e. The van der Waals surface area contributed by atoms with E-state index in [0.29, 0.717) is 10.2 Å². The van der Waals surface area contributed by atoms with Gasteiger partial charge in [-0.2, -0.15) is 0 Å². The minimum Gasteiger partial charge on any atom is -0.390 e. The minimum atomic E-state index is -0.952. The molecule has 2 saturated carbocycles. The second-order valence-electron chi connectivity index (χ2n) is 6.82. The lowest BCUT2D eigenvalue weighted by Crippen LogP contribution is -2.54. The monoisotopic (exact) mass is 381 g/mol. The number of anilines is 1. The molecule has 1 aliphatic heterocycles. The maximum atomic E-state index is 12.5. The van der Waals surface area contributed by atoms with Gasteiger partial charge in [-0.3, -0.25) is 9.79 Å². The van der Waals surface area contributed by atoms with Crippen LogP contribution in [0.4, 0.5) is 5.69 Å². The van der Waals surface area contributed by atoms with Gasteiger partial charge in [0.05, 0.1) is 18.1 Å². The molecule has 6 nitrogen and oxygen atoms in total. The summed E-state index contributed by atoms with van der Waals surface area (Å²) in [6.45, 7) is 0. The van der Waals surface area contributed by atoms with Crippen molar-refractivity contribution in [3.63, 3.8) is 0 Å². The number of nitrogens with one attached hydrogen (secondary N) is 2. The maximum absolute atomic E-state index is 12.5. The molecule has 4 N–H and O–H groups in total. The van der Waals surface area contributed by atoms with Crippen LogP contribution >= 0.6 is 23.4 Å². The van der Waals surface area contributed by atoms with Crippen molar-refractivity contribution in [3.8, 4) is 0 Å². The van der Waals surface area contributed by atoms with Gasteiger partial charge in [-0.15, -0.1) is 0 Å². The van der Waals surface area contributed by atoms with E-state index in [4.69, 9.17) is 11.6 Å². The number of aliphatic hydroxyl groups is 2. The number of thioether (sulfide) groups is 1. The van der Waals surface area contributed by atoms with Crippen LogP contribution in [0.5, 0.6) is 0 Å². The first-order valence-electron chi connectivity index (χ1n) is 8.45. The Bertz CT molecular complexity index is 695. The van der Waals surface area contributed by atoms with Gasteiger partial charge in [-0.25, -0.2) is 0 Å². The Balaban J connectivity index is 1.49. The molecule has 1 aromatic rings.